The second-order valence-corrected chi connectivity index (χ2v) is 10.5. The topological polar surface area (TPSA) is 88.1 Å². The Bertz CT molecular complexity index is 1320. The van der Waals surface area contributed by atoms with Gasteiger partial charge in [-0.25, -0.2) is 13.8 Å². The molecule has 0 atom stereocenters. The largest absolute Gasteiger partial charge is 0.496 e. The summed E-state index contributed by atoms with van der Waals surface area (Å²) in [5.41, 5.74) is 6.00. The highest BCUT2D eigenvalue weighted by atomic mass is 35.5. The number of hydrogen-bond acceptors (Lipinski definition) is 5. The zero-order chi connectivity index (χ0) is 25.6. The molecular weight excluding hydrogens is 486 g/mol. The van der Waals surface area contributed by atoms with Gasteiger partial charge in [0.1, 0.15) is 5.75 Å². The van der Waals surface area contributed by atoms with Crippen LogP contribution in [0.25, 0.3) is 0 Å². The fourth-order valence-corrected chi connectivity index (χ4v) is 5.79. The molecular formula is C26H28ClN3O4S. The summed E-state index contributed by atoms with van der Waals surface area (Å²) in [7, 11) is -2.46. The van der Waals surface area contributed by atoms with Crippen molar-refractivity contribution in [2.24, 2.45) is 5.10 Å². The van der Waals surface area contributed by atoms with Crippen molar-refractivity contribution in [2.45, 2.75) is 32.2 Å². The molecule has 0 saturated carbocycles. The highest BCUT2D eigenvalue weighted by Crippen LogP contribution is 2.26. The number of methoxy groups -OCH3 is 1. The number of carbonyl (C=O) groups excluding carboxylic acids is 1. The normalized spacial score (nSPS) is 11.7. The average molecular weight is 514 g/mol. The first-order chi connectivity index (χ1) is 16.6. The van der Waals surface area contributed by atoms with E-state index in [1.165, 1.54) is 6.21 Å². The van der Waals surface area contributed by atoms with Crippen LogP contribution in [0.4, 0.5) is 0 Å². The van der Waals surface area contributed by atoms with Crippen LogP contribution in [0.15, 0.2) is 70.7 Å². The number of amides is 1. The number of nitrogens with zero attached hydrogens (tertiary/aromatic N) is 2. The Hall–Kier alpha value is -3.20. The first kappa shape index (κ1) is 26.4. The highest BCUT2D eigenvalue weighted by molar-refractivity contribution is 7.89. The number of ether oxygens (including phenoxy) is 1. The Morgan fingerprint density at radius 3 is 2.31 bits per heavy atom. The van der Waals surface area contributed by atoms with Crippen LogP contribution in [0.1, 0.15) is 27.8 Å². The Morgan fingerprint density at radius 1 is 1.06 bits per heavy atom. The minimum Gasteiger partial charge on any atom is -0.496 e. The van der Waals surface area contributed by atoms with Crippen molar-refractivity contribution in [1.29, 1.82) is 0 Å². The Labute approximate surface area is 211 Å². The predicted molar refractivity (Wildman–Crippen MR) is 138 cm³/mol. The van der Waals surface area contributed by atoms with Gasteiger partial charge in [0.05, 0.1) is 24.8 Å². The van der Waals surface area contributed by atoms with Gasteiger partial charge < -0.3 is 4.74 Å². The van der Waals surface area contributed by atoms with Crippen LogP contribution >= 0.6 is 11.6 Å². The fraction of sp³-hybridized carbons (Fsp3) is 0.231. The summed E-state index contributed by atoms with van der Waals surface area (Å²) in [5.74, 6) is 0.0267. The van der Waals surface area contributed by atoms with Crippen LogP contribution in [0, 0.1) is 20.8 Å². The lowest BCUT2D eigenvalue weighted by Gasteiger charge is -2.24. The summed E-state index contributed by atoms with van der Waals surface area (Å²) in [6.07, 6.45) is 1.45. The number of hydrazone groups is 1. The van der Waals surface area contributed by atoms with Gasteiger partial charge >= 0.3 is 0 Å². The molecule has 0 heterocycles. The molecule has 1 N–H and O–H groups in total. The minimum absolute atomic E-state index is 0.00407. The number of rotatable bonds is 9. The predicted octanol–water partition coefficient (Wildman–Crippen LogP) is 4.62. The van der Waals surface area contributed by atoms with Crippen molar-refractivity contribution in [3.05, 3.63) is 93.5 Å². The number of sulfonamides is 1. The lowest BCUT2D eigenvalue weighted by Crippen LogP contribution is -2.39. The van der Waals surface area contributed by atoms with Gasteiger partial charge in [-0.05, 0) is 61.7 Å². The summed E-state index contributed by atoms with van der Waals surface area (Å²) < 4.78 is 33.9. The summed E-state index contributed by atoms with van der Waals surface area (Å²) in [4.78, 5) is 13.0. The van der Waals surface area contributed by atoms with Gasteiger partial charge in [0.25, 0.3) is 5.91 Å². The molecule has 0 unspecified atom stereocenters. The third-order valence-corrected chi connectivity index (χ3v) is 7.68. The van der Waals surface area contributed by atoms with E-state index in [0.29, 0.717) is 33.0 Å². The Balaban J connectivity index is 1.88. The molecule has 0 bridgehead atoms. The SMILES string of the molecule is COc1ccccc1/C=N/NC(=O)CN(Cc1ccc(Cl)cc1)S(=O)(=O)c1c(C)cc(C)cc1C. The molecule has 0 spiro atoms. The van der Waals surface area contributed by atoms with Gasteiger partial charge in [-0.3, -0.25) is 4.79 Å². The molecule has 35 heavy (non-hydrogen) atoms. The quantitative estimate of drug-likeness (QED) is 0.334. The van der Waals surface area contributed by atoms with Crippen molar-refractivity contribution < 1.29 is 17.9 Å². The van der Waals surface area contributed by atoms with Gasteiger partial charge in [0, 0.05) is 17.1 Å². The van der Waals surface area contributed by atoms with Crippen molar-refractivity contribution in [3.8, 4) is 5.75 Å². The van der Waals surface area contributed by atoms with E-state index in [2.05, 4.69) is 10.5 Å². The second kappa shape index (κ2) is 11.5. The van der Waals surface area contributed by atoms with Crippen LogP contribution in [0.2, 0.25) is 5.02 Å². The summed E-state index contributed by atoms with van der Waals surface area (Å²) in [5, 5.41) is 4.52. The number of para-hydroxylation sites is 1. The Kier molecular flexibility index (Phi) is 8.67. The molecule has 3 aromatic carbocycles. The van der Waals surface area contributed by atoms with E-state index in [1.807, 2.05) is 31.2 Å². The standard InChI is InChI=1S/C26H28ClN3O4S/c1-18-13-19(2)26(20(3)14-18)35(32,33)30(16-21-9-11-23(27)12-10-21)17-25(31)29-28-15-22-7-5-6-8-24(22)34-4/h5-15H,16-17H2,1-4H3,(H,29,31)/b28-15+. The third-order valence-electron chi connectivity index (χ3n) is 5.33. The maximum absolute atomic E-state index is 13.7. The monoisotopic (exact) mass is 513 g/mol. The van der Waals surface area contributed by atoms with Crippen molar-refractivity contribution in [1.82, 2.24) is 9.73 Å². The summed E-state index contributed by atoms with van der Waals surface area (Å²) in [6, 6.07) is 17.7. The van der Waals surface area contributed by atoms with E-state index in [4.69, 9.17) is 16.3 Å². The number of aryl methyl sites for hydroxylation is 3. The summed E-state index contributed by atoms with van der Waals surface area (Å²) >= 11 is 5.98. The van der Waals surface area contributed by atoms with E-state index in [0.717, 1.165) is 9.87 Å². The molecule has 1 amide bonds. The smallest absolute Gasteiger partial charge is 0.255 e. The van der Waals surface area contributed by atoms with Crippen LogP contribution in [0.3, 0.4) is 0 Å². The highest BCUT2D eigenvalue weighted by Gasteiger charge is 2.30. The van der Waals surface area contributed by atoms with Gasteiger partial charge in [-0.2, -0.15) is 9.41 Å². The molecule has 184 valence electrons. The van der Waals surface area contributed by atoms with E-state index >= 15 is 0 Å². The number of benzene rings is 3. The van der Waals surface area contributed by atoms with Crippen molar-refractivity contribution in [3.63, 3.8) is 0 Å². The third kappa shape index (κ3) is 6.69. The van der Waals surface area contributed by atoms with Crippen molar-refractivity contribution >= 4 is 33.7 Å². The average Bonchev–Trinajstić information content (AvgIpc) is 2.79. The summed E-state index contributed by atoms with van der Waals surface area (Å²) in [6.45, 7) is 5.00. The van der Waals surface area contributed by atoms with E-state index in [1.54, 1.807) is 57.4 Å². The molecule has 7 nitrogen and oxygen atoms in total. The molecule has 0 radical (unpaired) electrons. The zero-order valence-electron chi connectivity index (χ0n) is 20.1. The number of hydrogen-bond donors (Lipinski definition) is 1. The van der Waals surface area contributed by atoms with Gasteiger partial charge in [0.15, 0.2) is 0 Å². The van der Waals surface area contributed by atoms with E-state index < -0.39 is 22.5 Å². The molecule has 9 heteroatoms. The van der Waals surface area contributed by atoms with Crippen LogP contribution < -0.4 is 10.2 Å². The van der Waals surface area contributed by atoms with Gasteiger partial charge in [-0.15, -0.1) is 0 Å². The maximum atomic E-state index is 13.7. The van der Waals surface area contributed by atoms with Gasteiger partial charge in [0.2, 0.25) is 10.0 Å². The first-order valence-electron chi connectivity index (χ1n) is 10.9. The number of nitrogens with one attached hydrogen (secondary N) is 1. The Morgan fingerprint density at radius 2 is 1.69 bits per heavy atom. The minimum atomic E-state index is -4.00. The first-order valence-corrected chi connectivity index (χ1v) is 12.7. The van der Waals surface area contributed by atoms with E-state index in [9.17, 15) is 13.2 Å². The van der Waals surface area contributed by atoms with Crippen LogP contribution in [-0.4, -0.2) is 38.5 Å². The fourth-order valence-electron chi connectivity index (χ4n) is 3.86. The zero-order valence-corrected chi connectivity index (χ0v) is 21.7. The molecule has 0 fully saturated rings. The van der Waals surface area contributed by atoms with E-state index in [-0.39, 0.29) is 11.4 Å². The molecule has 0 aliphatic rings. The second-order valence-electron chi connectivity index (χ2n) is 8.16. The maximum Gasteiger partial charge on any atom is 0.255 e. The number of halogens is 1. The molecule has 0 aliphatic heterocycles. The van der Waals surface area contributed by atoms with Crippen LogP contribution in [-0.2, 0) is 21.4 Å². The molecule has 0 aromatic heterocycles. The van der Waals surface area contributed by atoms with Crippen LogP contribution in [0.5, 0.6) is 5.75 Å². The molecule has 3 rings (SSSR count). The number of carbonyl (C=O) groups is 1. The molecule has 0 saturated heterocycles. The van der Waals surface area contributed by atoms with Crippen molar-refractivity contribution in [2.75, 3.05) is 13.7 Å². The molecule has 3 aromatic rings. The molecule has 0 aliphatic carbocycles. The lowest BCUT2D eigenvalue weighted by molar-refractivity contribution is -0.121. The lowest BCUT2D eigenvalue weighted by atomic mass is 10.1. The van der Waals surface area contributed by atoms with Gasteiger partial charge in [-0.1, -0.05) is 53.6 Å².